The predicted molar refractivity (Wildman–Crippen MR) is 117 cm³/mol. The number of hydrogen-bond acceptors (Lipinski definition) is 7. The summed E-state index contributed by atoms with van der Waals surface area (Å²) in [6, 6.07) is 14.4. The van der Waals surface area contributed by atoms with Crippen molar-refractivity contribution in [2.75, 3.05) is 16.7 Å². The number of nitrogens with zero attached hydrogens (tertiary/aromatic N) is 3. The van der Waals surface area contributed by atoms with Gasteiger partial charge >= 0.3 is 0 Å². The van der Waals surface area contributed by atoms with Gasteiger partial charge in [-0.15, -0.1) is 10.2 Å². The molecule has 0 unspecified atom stereocenters. The monoisotopic (exact) mass is 446 g/mol. The Kier molecular flexibility index (Phi) is 6.37. The minimum atomic E-state index is -3.91. The second-order valence-corrected chi connectivity index (χ2v) is 9.87. The number of sulfonamides is 1. The fourth-order valence-corrected chi connectivity index (χ4v) is 4.95. The fraction of sp³-hybridized carbons (Fsp3) is 0.250. The highest BCUT2D eigenvalue weighted by molar-refractivity contribution is 7.94. The van der Waals surface area contributed by atoms with Gasteiger partial charge < -0.3 is 4.74 Å². The summed E-state index contributed by atoms with van der Waals surface area (Å²) in [7, 11) is -2.46. The van der Waals surface area contributed by atoms with Crippen molar-refractivity contribution < 1.29 is 17.9 Å². The molecule has 0 saturated carbocycles. The van der Waals surface area contributed by atoms with Gasteiger partial charge in [0.25, 0.3) is 20.3 Å². The Morgan fingerprint density at radius 2 is 1.73 bits per heavy atom. The van der Waals surface area contributed by atoms with Crippen LogP contribution in [-0.2, 0) is 14.8 Å². The second kappa shape index (κ2) is 8.80. The number of ether oxygens (including phenoxy) is 1. The van der Waals surface area contributed by atoms with Crippen molar-refractivity contribution in [1.29, 1.82) is 0 Å². The van der Waals surface area contributed by atoms with E-state index in [0.717, 1.165) is 26.8 Å². The molecule has 0 aliphatic rings. The lowest BCUT2D eigenvalue weighted by atomic mass is 10.1. The van der Waals surface area contributed by atoms with Crippen molar-refractivity contribution in [1.82, 2.24) is 10.2 Å². The van der Waals surface area contributed by atoms with E-state index in [0.29, 0.717) is 11.4 Å². The number of para-hydroxylation sites is 1. The Morgan fingerprint density at radius 3 is 2.37 bits per heavy atom. The van der Waals surface area contributed by atoms with Crippen LogP contribution < -0.4 is 14.4 Å². The van der Waals surface area contributed by atoms with Crippen LogP contribution in [0.3, 0.4) is 0 Å². The standard InChI is InChI=1S/C20H22N4O4S2/c1-13-10-14(2)12-16(11-13)24(4)30(26,27)20-23-22-19(29-20)21-18(25)15(3)28-17-8-6-5-7-9-17/h5-12,15H,1-4H3,(H,21,22,25)/t15-/m1/s1. The number of carbonyl (C=O) groups is 1. The van der Waals surface area contributed by atoms with E-state index in [4.69, 9.17) is 4.74 Å². The summed E-state index contributed by atoms with van der Waals surface area (Å²) in [5, 5.41) is 10.2. The molecule has 0 bridgehead atoms. The molecule has 3 rings (SSSR count). The van der Waals surface area contributed by atoms with Gasteiger partial charge in [0, 0.05) is 7.05 Å². The number of rotatable bonds is 7. The molecule has 0 aliphatic heterocycles. The first-order valence-electron chi connectivity index (χ1n) is 9.10. The van der Waals surface area contributed by atoms with Gasteiger partial charge in [0.2, 0.25) is 5.13 Å². The number of benzene rings is 2. The van der Waals surface area contributed by atoms with Gasteiger partial charge in [-0.05, 0) is 56.2 Å². The molecule has 1 atom stereocenters. The van der Waals surface area contributed by atoms with Crippen molar-refractivity contribution in [2.45, 2.75) is 31.2 Å². The van der Waals surface area contributed by atoms with Gasteiger partial charge in [0.05, 0.1) is 5.69 Å². The van der Waals surface area contributed by atoms with E-state index in [1.165, 1.54) is 7.05 Å². The van der Waals surface area contributed by atoms with Crippen molar-refractivity contribution in [3.8, 4) is 5.75 Å². The molecule has 3 aromatic rings. The third-order valence-electron chi connectivity index (χ3n) is 4.21. The zero-order valence-electron chi connectivity index (χ0n) is 17.0. The molecule has 10 heteroatoms. The molecule has 0 aliphatic carbocycles. The molecule has 1 amide bonds. The van der Waals surface area contributed by atoms with E-state index in [1.807, 2.05) is 26.0 Å². The smallest absolute Gasteiger partial charge is 0.293 e. The van der Waals surface area contributed by atoms with Crippen LogP contribution >= 0.6 is 11.3 Å². The highest BCUT2D eigenvalue weighted by atomic mass is 32.2. The van der Waals surface area contributed by atoms with Crippen LogP contribution in [0.15, 0.2) is 52.9 Å². The first kappa shape index (κ1) is 21.7. The van der Waals surface area contributed by atoms with Crippen LogP contribution in [0.25, 0.3) is 0 Å². The van der Waals surface area contributed by atoms with Gasteiger partial charge in [-0.25, -0.2) is 0 Å². The number of carbonyl (C=O) groups excluding carboxylic acids is 1. The zero-order valence-corrected chi connectivity index (χ0v) is 18.6. The van der Waals surface area contributed by atoms with Crippen LogP contribution in [0.2, 0.25) is 0 Å². The highest BCUT2D eigenvalue weighted by Gasteiger charge is 2.27. The maximum absolute atomic E-state index is 12.9. The average Bonchev–Trinajstić information content (AvgIpc) is 3.16. The molecule has 8 nitrogen and oxygen atoms in total. The lowest BCUT2D eigenvalue weighted by Crippen LogP contribution is -2.30. The third kappa shape index (κ3) is 4.95. The van der Waals surface area contributed by atoms with E-state index in [2.05, 4.69) is 15.5 Å². The molecule has 0 radical (unpaired) electrons. The molecular formula is C20H22N4O4S2. The molecule has 30 heavy (non-hydrogen) atoms. The SMILES string of the molecule is Cc1cc(C)cc(N(C)S(=O)(=O)c2nnc(NC(=O)[C@@H](C)Oc3ccccc3)s2)c1. The van der Waals surface area contributed by atoms with Gasteiger partial charge in [0.15, 0.2) is 6.10 Å². The number of nitrogens with one attached hydrogen (secondary N) is 1. The van der Waals surface area contributed by atoms with Gasteiger partial charge in [-0.2, -0.15) is 8.42 Å². The average molecular weight is 447 g/mol. The highest BCUT2D eigenvalue weighted by Crippen LogP contribution is 2.27. The normalized spacial score (nSPS) is 12.3. The van der Waals surface area contributed by atoms with E-state index < -0.39 is 22.0 Å². The van der Waals surface area contributed by atoms with E-state index in [9.17, 15) is 13.2 Å². The lowest BCUT2D eigenvalue weighted by molar-refractivity contribution is -0.122. The molecule has 1 aromatic heterocycles. The molecule has 1 heterocycles. The van der Waals surface area contributed by atoms with Crippen LogP contribution in [0, 0.1) is 13.8 Å². The topological polar surface area (TPSA) is 101 Å². The Morgan fingerprint density at radius 1 is 1.10 bits per heavy atom. The summed E-state index contributed by atoms with van der Waals surface area (Å²) in [4.78, 5) is 12.3. The van der Waals surface area contributed by atoms with Crippen LogP contribution in [0.1, 0.15) is 18.1 Å². The lowest BCUT2D eigenvalue weighted by Gasteiger charge is -2.18. The molecular weight excluding hydrogens is 424 g/mol. The summed E-state index contributed by atoms with van der Waals surface area (Å²) in [5.74, 6) is 0.0948. The first-order valence-corrected chi connectivity index (χ1v) is 11.4. The number of hydrogen-bond donors (Lipinski definition) is 1. The molecule has 2 aromatic carbocycles. The number of amides is 1. The molecule has 158 valence electrons. The minimum Gasteiger partial charge on any atom is -0.481 e. The summed E-state index contributed by atoms with van der Waals surface area (Å²) < 4.78 is 32.4. The fourth-order valence-electron chi connectivity index (χ4n) is 2.72. The Hall–Kier alpha value is -2.98. The summed E-state index contributed by atoms with van der Waals surface area (Å²) in [6.07, 6.45) is -0.797. The number of anilines is 2. The van der Waals surface area contributed by atoms with Crippen LogP contribution in [-0.4, -0.2) is 37.7 Å². The summed E-state index contributed by atoms with van der Waals surface area (Å²) in [6.45, 7) is 5.39. The van der Waals surface area contributed by atoms with Crippen molar-refractivity contribution in [3.63, 3.8) is 0 Å². The van der Waals surface area contributed by atoms with Crippen molar-refractivity contribution >= 4 is 38.1 Å². The maximum atomic E-state index is 12.9. The van der Waals surface area contributed by atoms with E-state index in [-0.39, 0.29) is 9.47 Å². The molecule has 0 fully saturated rings. The van der Waals surface area contributed by atoms with Crippen LogP contribution in [0.5, 0.6) is 5.75 Å². The van der Waals surface area contributed by atoms with Crippen LogP contribution in [0.4, 0.5) is 10.8 Å². The van der Waals surface area contributed by atoms with Gasteiger partial charge in [-0.3, -0.25) is 14.4 Å². The molecule has 1 N–H and O–H groups in total. The predicted octanol–water partition coefficient (Wildman–Crippen LogP) is 3.39. The largest absolute Gasteiger partial charge is 0.481 e. The van der Waals surface area contributed by atoms with E-state index in [1.54, 1.807) is 43.3 Å². The summed E-state index contributed by atoms with van der Waals surface area (Å²) >= 11 is 0.784. The van der Waals surface area contributed by atoms with E-state index >= 15 is 0 Å². The van der Waals surface area contributed by atoms with Gasteiger partial charge in [0.1, 0.15) is 5.75 Å². The Balaban J connectivity index is 1.72. The zero-order chi connectivity index (χ0) is 21.9. The quantitative estimate of drug-likeness (QED) is 0.558. The van der Waals surface area contributed by atoms with Crippen molar-refractivity contribution in [3.05, 3.63) is 59.7 Å². The third-order valence-corrected chi connectivity index (χ3v) is 7.18. The van der Waals surface area contributed by atoms with Gasteiger partial charge in [-0.1, -0.05) is 35.6 Å². The molecule has 0 saturated heterocycles. The van der Waals surface area contributed by atoms with Crippen molar-refractivity contribution in [2.24, 2.45) is 0 Å². The second-order valence-electron chi connectivity index (χ2n) is 6.75. The first-order chi connectivity index (χ1) is 14.2. The number of aryl methyl sites for hydroxylation is 2. The Bertz CT molecular complexity index is 1130. The summed E-state index contributed by atoms with van der Waals surface area (Å²) in [5.41, 5.74) is 2.42. The maximum Gasteiger partial charge on any atom is 0.293 e. The molecule has 0 spiro atoms. The minimum absolute atomic E-state index is 0.0795. The Labute approximate surface area is 179 Å². The number of aromatic nitrogens is 2.